The SMILES string of the molecule is C=Nc1ccccc1OC(F)F. The fourth-order valence-electron chi connectivity index (χ4n) is 0.783. The Morgan fingerprint density at radius 3 is 2.58 bits per heavy atom. The molecule has 0 bridgehead atoms. The van der Waals surface area contributed by atoms with Crippen molar-refractivity contribution in [2.75, 3.05) is 0 Å². The summed E-state index contributed by atoms with van der Waals surface area (Å²) in [5, 5.41) is 0. The highest BCUT2D eigenvalue weighted by Gasteiger charge is 2.06. The Morgan fingerprint density at radius 2 is 2.00 bits per heavy atom. The molecule has 4 heteroatoms. The van der Waals surface area contributed by atoms with Gasteiger partial charge in [-0.2, -0.15) is 8.78 Å². The van der Waals surface area contributed by atoms with Crippen LogP contribution in [-0.2, 0) is 0 Å². The maximum atomic E-state index is 11.8. The Hall–Kier alpha value is -1.45. The van der Waals surface area contributed by atoms with E-state index in [1.165, 1.54) is 6.07 Å². The van der Waals surface area contributed by atoms with E-state index < -0.39 is 6.61 Å². The van der Waals surface area contributed by atoms with E-state index in [1.807, 2.05) is 0 Å². The molecule has 1 aromatic rings. The number of nitrogens with zero attached hydrogens (tertiary/aromatic N) is 1. The fraction of sp³-hybridized carbons (Fsp3) is 0.125. The molecular formula is C8H7F2NO. The van der Waals surface area contributed by atoms with Gasteiger partial charge in [-0.25, -0.2) is 0 Å². The smallest absolute Gasteiger partial charge is 0.387 e. The zero-order valence-electron chi connectivity index (χ0n) is 6.21. The first-order chi connectivity index (χ1) is 5.74. The van der Waals surface area contributed by atoms with Crippen molar-refractivity contribution in [1.82, 2.24) is 0 Å². The minimum Gasteiger partial charge on any atom is -0.433 e. The first-order valence-electron chi connectivity index (χ1n) is 3.24. The number of alkyl halides is 2. The first-order valence-corrected chi connectivity index (χ1v) is 3.24. The fourth-order valence-corrected chi connectivity index (χ4v) is 0.783. The maximum Gasteiger partial charge on any atom is 0.387 e. The molecule has 0 aliphatic carbocycles. The summed E-state index contributed by atoms with van der Waals surface area (Å²) in [6.45, 7) is 0.398. The summed E-state index contributed by atoms with van der Waals surface area (Å²) in [4.78, 5) is 3.52. The second-order valence-electron chi connectivity index (χ2n) is 2.00. The molecule has 0 saturated heterocycles. The van der Waals surface area contributed by atoms with E-state index in [2.05, 4.69) is 16.4 Å². The number of rotatable bonds is 3. The molecule has 1 aromatic carbocycles. The van der Waals surface area contributed by atoms with Gasteiger partial charge in [-0.05, 0) is 18.9 Å². The Kier molecular flexibility index (Phi) is 2.74. The average Bonchev–Trinajstić information content (AvgIpc) is 2.04. The van der Waals surface area contributed by atoms with Crippen LogP contribution in [0.4, 0.5) is 14.5 Å². The van der Waals surface area contributed by atoms with Gasteiger partial charge in [0.15, 0.2) is 5.75 Å². The van der Waals surface area contributed by atoms with Crippen LogP contribution >= 0.6 is 0 Å². The quantitative estimate of drug-likeness (QED) is 0.640. The third-order valence-electron chi connectivity index (χ3n) is 1.25. The lowest BCUT2D eigenvalue weighted by atomic mass is 10.3. The normalized spacial score (nSPS) is 9.92. The van der Waals surface area contributed by atoms with Crippen LogP contribution in [0.25, 0.3) is 0 Å². The molecule has 0 saturated carbocycles. The van der Waals surface area contributed by atoms with Gasteiger partial charge in [-0.15, -0.1) is 0 Å². The summed E-state index contributed by atoms with van der Waals surface area (Å²) in [5.41, 5.74) is 0.317. The molecule has 0 fully saturated rings. The summed E-state index contributed by atoms with van der Waals surface area (Å²) in [6.07, 6.45) is 0. The van der Waals surface area contributed by atoms with E-state index in [0.717, 1.165) is 0 Å². The van der Waals surface area contributed by atoms with Crippen LogP contribution in [0.5, 0.6) is 5.75 Å². The van der Waals surface area contributed by atoms with Gasteiger partial charge in [0.05, 0.1) is 0 Å². The summed E-state index contributed by atoms with van der Waals surface area (Å²) >= 11 is 0. The highest BCUT2D eigenvalue weighted by molar-refractivity contribution is 5.55. The van der Waals surface area contributed by atoms with Crippen molar-refractivity contribution < 1.29 is 13.5 Å². The largest absolute Gasteiger partial charge is 0.433 e. The van der Waals surface area contributed by atoms with E-state index in [4.69, 9.17) is 0 Å². The number of hydrogen-bond acceptors (Lipinski definition) is 2. The van der Waals surface area contributed by atoms with Gasteiger partial charge in [0.2, 0.25) is 0 Å². The summed E-state index contributed by atoms with van der Waals surface area (Å²) in [5.74, 6) is 0.0440. The van der Waals surface area contributed by atoms with Crippen LogP contribution in [0.2, 0.25) is 0 Å². The molecule has 0 aromatic heterocycles. The lowest BCUT2D eigenvalue weighted by Gasteiger charge is -2.05. The van der Waals surface area contributed by atoms with Crippen LogP contribution in [0, 0.1) is 0 Å². The molecule has 1 rings (SSSR count). The van der Waals surface area contributed by atoms with Gasteiger partial charge >= 0.3 is 6.61 Å². The van der Waals surface area contributed by atoms with Gasteiger partial charge in [0, 0.05) is 0 Å². The van der Waals surface area contributed by atoms with E-state index in [-0.39, 0.29) is 5.75 Å². The molecule has 12 heavy (non-hydrogen) atoms. The van der Waals surface area contributed by atoms with E-state index in [0.29, 0.717) is 5.69 Å². The van der Waals surface area contributed by atoms with Gasteiger partial charge < -0.3 is 4.74 Å². The molecule has 0 unspecified atom stereocenters. The van der Waals surface area contributed by atoms with Gasteiger partial charge in [-0.1, -0.05) is 12.1 Å². The summed E-state index contributed by atoms with van der Waals surface area (Å²) < 4.78 is 27.7. The molecule has 0 spiro atoms. The van der Waals surface area contributed by atoms with E-state index in [1.54, 1.807) is 18.2 Å². The Bertz CT molecular complexity index is 276. The van der Waals surface area contributed by atoms with Crippen molar-refractivity contribution in [1.29, 1.82) is 0 Å². The molecule has 0 aliphatic heterocycles. The molecular weight excluding hydrogens is 164 g/mol. The second kappa shape index (κ2) is 3.80. The topological polar surface area (TPSA) is 21.6 Å². The van der Waals surface area contributed by atoms with Crippen molar-refractivity contribution >= 4 is 12.4 Å². The lowest BCUT2D eigenvalue weighted by Crippen LogP contribution is -2.01. The molecule has 64 valence electrons. The molecule has 2 nitrogen and oxygen atoms in total. The van der Waals surface area contributed by atoms with Crippen LogP contribution in [-0.4, -0.2) is 13.3 Å². The average molecular weight is 171 g/mol. The minimum absolute atomic E-state index is 0.0440. The summed E-state index contributed by atoms with van der Waals surface area (Å²) in [6, 6.07) is 6.22. The number of halogens is 2. The molecule has 0 radical (unpaired) electrons. The number of para-hydroxylation sites is 2. The molecule has 0 aliphatic rings. The van der Waals surface area contributed by atoms with E-state index in [9.17, 15) is 8.78 Å². The molecule has 0 amide bonds. The Balaban J connectivity index is 2.89. The van der Waals surface area contributed by atoms with Crippen LogP contribution in [0.1, 0.15) is 0 Å². The summed E-state index contributed by atoms with van der Waals surface area (Å²) in [7, 11) is 0. The zero-order valence-corrected chi connectivity index (χ0v) is 6.21. The monoisotopic (exact) mass is 171 g/mol. The Labute approximate surface area is 68.5 Å². The van der Waals surface area contributed by atoms with Crippen molar-refractivity contribution in [2.24, 2.45) is 4.99 Å². The van der Waals surface area contributed by atoms with Crippen molar-refractivity contribution in [2.45, 2.75) is 6.61 Å². The van der Waals surface area contributed by atoms with E-state index >= 15 is 0 Å². The van der Waals surface area contributed by atoms with Gasteiger partial charge in [-0.3, -0.25) is 4.99 Å². The highest BCUT2D eigenvalue weighted by atomic mass is 19.3. The Morgan fingerprint density at radius 1 is 1.33 bits per heavy atom. The van der Waals surface area contributed by atoms with Crippen LogP contribution < -0.4 is 4.74 Å². The van der Waals surface area contributed by atoms with Crippen LogP contribution in [0.3, 0.4) is 0 Å². The molecule has 0 atom stereocenters. The third kappa shape index (κ3) is 2.02. The van der Waals surface area contributed by atoms with Crippen LogP contribution in [0.15, 0.2) is 29.3 Å². The first kappa shape index (κ1) is 8.64. The van der Waals surface area contributed by atoms with Gasteiger partial charge in [0.1, 0.15) is 5.69 Å². The van der Waals surface area contributed by atoms with Gasteiger partial charge in [0.25, 0.3) is 0 Å². The standard InChI is InChI=1S/C8H7F2NO/c1-11-6-4-2-3-5-7(6)12-8(9)10/h2-5,8H,1H2. The number of benzene rings is 1. The predicted octanol–water partition coefficient (Wildman–Crippen LogP) is 2.62. The number of ether oxygens (including phenoxy) is 1. The zero-order chi connectivity index (χ0) is 8.97. The van der Waals surface area contributed by atoms with Crippen molar-refractivity contribution in [3.63, 3.8) is 0 Å². The second-order valence-corrected chi connectivity index (χ2v) is 2.00. The molecule has 0 N–H and O–H groups in total. The maximum absolute atomic E-state index is 11.8. The predicted molar refractivity (Wildman–Crippen MR) is 42.3 cm³/mol. The number of hydrogen-bond donors (Lipinski definition) is 0. The highest BCUT2D eigenvalue weighted by Crippen LogP contribution is 2.27. The molecule has 0 heterocycles. The van der Waals surface area contributed by atoms with Crippen molar-refractivity contribution in [3.05, 3.63) is 24.3 Å². The number of aliphatic imine (C=N–C) groups is 1. The third-order valence-corrected chi connectivity index (χ3v) is 1.25. The van der Waals surface area contributed by atoms with Crippen molar-refractivity contribution in [3.8, 4) is 5.75 Å². The minimum atomic E-state index is -2.83. The lowest BCUT2D eigenvalue weighted by molar-refractivity contribution is -0.0494.